The average molecular weight is 367 g/mol. The topological polar surface area (TPSA) is 89.6 Å². The van der Waals surface area contributed by atoms with Gasteiger partial charge in [0.15, 0.2) is 0 Å². The van der Waals surface area contributed by atoms with E-state index in [2.05, 4.69) is 15.5 Å². The van der Waals surface area contributed by atoms with Crippen molar-refractivity contribution in [3.05, 3.63) is 60.0 Å². The molecule has 2 heterocycles. The number of fused-ring (bicyclic) bond motifs is 1. The van der Waals surface area contributed by atoms with Crippen LogP contribution < -0.4 is 14.8 Å². The lowest BCUT2D eigenvalue weighted by Crippen LogP contribution is -2.48. The number of ether oxygens (including phenoxy) is 2. The summed E-state index contributed by atoms with van der Waals surface area (Å²) in [6.45, 7) is 0.830. The van der Waals surface area contributed by atoms with E-state index in [-0.39, 0.29) is 6.61 Å². The number of nitrogens with one attached hydrogen (secondary N) is 1. The summed E-state index contributed by atoms with van der Waals surface area (Å²) >= 11 is 0. The number of benzene rings is 2. The third-order valence-electron chi connectivity index (χ3n) is 4.85. The van der Waals surface area contributed by atoms with E-state index in [9.17, 15) is 5.11 Å². The van der Waals surface area contributed by atoms with Crippen LogP contribution >= 0.6 is 0 Å². The van der Waals surface area contributed by atoms with E-state index >= 15 is 0 Å². The van der Waals surface area contributed by atoms with Crippen molar-refractivity contribution < 1.29 is 19.1 Å². The smallest absolute Gasteiger partial charge is 0.240 e. The van der Waals surface area contributed by atoms with Crippen molar-refractivity contribution in [3.8, 4) is 22.9 Å². The fraction of sp³-hybridized carbons (Fsp3) is 0.300. The Hall–Kier alpha value is -2.90. The van der Waals surface area contributed by atoms with Gasteiger partial charge in [-0.05, 0) is 30.3 Å². The summed E-state index contributed by atoms with van der Waals surface area (Å²) in [5.41, 5.74) is 1.19. The van der Waals surface area contributed by atoms with Crippen LogP contribution in [0.1, 0.15) is 17.9 Å². The lowest BCUT2D eigenvalue weighted by molar-refractivity contribution is 0.103. The first kappa shape index (κ1) is 17.5. The molecule has 0 spiro atoms. The van der Waals surface area contributed by atoms with Gasteiger partial charge >= 0.3 is 0 Å². The Morgan fingerprint density at radius 1 is 1.19 bits per heavy atom. The van der Waals surface area contributed by atoms with Crippen LogP contribution in [0.5, 0.6) is 11.5 Å². The molecule has 0 bridgehead atoms. The standard InChI is InChI=1S/C20H21N3O4/c1-25-15-8-6-14(7-9-15)19-22-18(27-23-19)12-21-20(13-24)10-11-26-17-5-3-2-4-16(17)20/h2-9,21,24H,10-13H2,1H3/t20-/m0/s1. The van der Waals surface area contributed by atoms with E-state index in [0.717, 1.165) is 22.6 Å². The summed E-state index contributed by atoms with van der Waals surface area (Å²) in [5.74, 6) is 2.53. The molecule has 27 heavy (non-hydrogen) atoms. The zero-order valence-corrected chi connectivity index (χ0v) is 15.0. The van der Waals surface area contributed by atoms with Gasteiger partial charge in [0.05, 0.1) is 32.4 Å². The SMILES string of the molecule is COc1ccc(-c2noc(CN[C@]3(CO)CCOc4ccccc43)n2)cc1. The highest BCUT2D eigenvalue weighted by Gasteiger charge is 2.37. The summed E-state index contributed by atoms with van der Waals surface area (Å²) in [6, 6.07) is 15.2. The Morgan fingerprint density at radius 2 is 2.00 bits per heavy atom. The fourth-order valence-electron chi connectivity index (χ4n) is 3.29. The van der Waals surface area contributed by atoms with Crippen LogP contribution in [-0.2, 0) is 12.1 Å². The number of aliphatic hydroxyl groups is 1. The van der Waals surface area contributed by atoms with Crippen LogP contribution in [0.3, 0.4) is 0 Å². The number of hydrogen-bond acceptors (Lipinski definition) is 7. The molecule has 7 heteroatoms. The molecule has 1 atom stereocenters. The zero-order valence-electron chi connectivity index (χ0n) is 15.0. The van der Waals surface area contributed by atoms with Crippen molar-refractivity contribution in [1.29, 1.82) is 0 Å². The molecule has 7 nitrogen and oxygen atoms in total. The lowest BCUT2D eigenvalue weighted by Gasteiger charge is -2.38. The first-order valence-corrected chi connectivity index (χ1v) is 8.79. The molecular weight excluding hydrogens is 346 g/mol. The van der Waals surface area contributed by atoms with Crippen molar-refractivity contribution in [3.63, 3.8) is 0 Å². The number of nitrogens with zero attached hydrogens (tertiary/aromatic N) is 2. The van der Waals surface area contributed by atoms with Crippen molar-refractivity contribution in [1.82, 2.24) is 15.5 Å². The summed E-state index contributed by atoms with van der Waals surface area (Å²) < 4.78 is 16.2. The molecule has 0 radical (unpaired) electrons. The normalized spacial score (nSPS) is 18.6. The highest BCUT2D eigenvalue weighted by molar-refractivity contribution is 5.55. The second-order valence-electron chi connectivity index (χ2n) is 6.43. The lowest BCUT2D eigenvalue weighted by atomic mass is 9.85. The molecule has 0 saturated heterocycles. The van der Waals surface area contributed by atoms with Crippen LogP contribution in [-0.4, -0.2) is 35.6 Å². The molecule has 0 amide bonds. The number of methoxy groups -OCH3 is 1. The molecule has 0 fully saturated rings. The van der Waals surface area contributed by atoms with Crippen LogP contribution in [0.2, 0.25) is 0 Å². The summed E-state index contributed by atoms with van der Waals surface area (Å²) in [5, 5.41) is 17.5. The summed E-state index contributed by atoms with van der Waals surface area (Å²) in [7, 11) is 1.62. The fourth-order valence-corrected chi connectivity index (χ4v) is 3.29. The zero-order chi connectivity index (χ0) is 18.7. The molecule has 2 aromatic carbocycles. The Balaban J connectivity index is 1.51. The molecule has 0 saturated carbocycles. The molecule has 1 aliphatic rings. The van der Waals surface area contributed by atoms with E-state index in [1.807, 2.05) is 48.5 Å². The van der Waals surface area contributed by atoms with Gasteiger partial charge in [-0.3, -0.25) is 5.32 Å². The van der Waals surface area contributed by atoms with Crippen molar-refractivity contribution in [2.24, 2.45) is 0 Å². The van der Waals surface area contributed by atoms with E-state index in [1.165, 1.54) is 0 Å². The number of aliphatic hydroxyl groups excluding tert-OH is 1. The maximum Gasteiger partial charge on any atom is 0.240 e. The maximum absolute atomic E-state index is 10.1. The van der Waals surface area contributed by atoms with E-state index < -0.39 is 5.54 Å². The van der Waals surface area contributed by atoms with Crippen LogP contribution in [0.15, 0.2) is 53.1 Å². The van der Waals surface area contributed by atoms with Crippen LogP contribution in [0.4, 0.5) is 0 Å². The minimum atomic E-state index is -0.594. The molecular formula is C20H21N3O4. The van der Waals surface area contributed by atoms with Crippen molar-refractivity contribution in [2.45, 2.75) is 18.5 Å². The second-order valence-corrected chi connectivity index (χ2v) is 6.43. The Kier molecular flexibility index (Phi) is 4.79. The van der Waals surface area contributed by atoms with E-state index in [4.69, 9.17) is 14.0 Å². The van der Waals surface area contributed by atoms with Gasteiger partial charge in [0, 0.05) is 17.5 Å². The van der Waals surface area contributed by atoms with Gasteiger partial charge in [0.1, 0.15) is 11.5 Å². The molecule has 4 rings (SSSR count). The third kappa shape index (κ3) is 3.39. The monoisotopic (exact) mass is 367 g/mol. The number of hydrogen-bond donors (Lipinski definition) is 2. The van der Waals surface area contributed by atoms with Crippen molar-refractivity contribution >= 4 is 0 Å². The van der Waals surface area contributed by atoms with Crippen LogP contribution in [0, 0.1) is 0 Å². The largest absolute Gasteiger partial charge is 0.497 e. The van der Waals surface area contributed by atoms with Gasteiger partial charge < -0.3 is 19.1 Å². The molecule has 2 N–H and O–H groups in total. The highest BCUT2D eigenvalue weighted by atomic mass is 16.5. The minimum absolute atomic E-state index is 0.0488. The Labute approximate surface area is 156 Å². The van der Waals surface area contributed by atoms with Gasteiger partial charge in [-0.1, -0.05) is 23.4 Å². The predicted molar refractivity (Wildman–Crippen MR) is 98.4 cm³/mol. The van der Waals surface area contributed by atoms with E-state index in [1.54, 1.807) is 7.11 Å². The molecule has 1 aromatic heterocycles. The average Bonchev–Trinajstić information content (AvgIpc) is 3.21. The van der Waals surface area contributed by atoms with Gasteiger partial charge in [0.2, 0.25) is 11.7 Å². The molecule has 1 aliphatic heterocycles. The summed E-state index contributed by atoms with van der Waals surface area (Å²) in [4.78, 5) is 4.45. The van der Waals surface area contributed by atoms with Gasteiger partial charge in [-0.15, -0.1) is 0 Å². The molecule has 0 unspecified atom stereocenters. The number of rotatable bonds is 6. The first-order valence-electron chi connectivity index (χ1n) is 8.79. The first-order chi connectivity index (χ1) is 13.2. The number of para-hydroxylation sites is 1. The molecule has 0 aliphatic carbocycles. The van der Waals surface area contributed by atoms with E-state index in [0.29, 0.717) is 31.3 Å². The van der Waals surface area contributed by atoms with Gasteiger partial charge in [0.25, 0.3) is 0 Å². The molecule has 140 valence electrons. The third-order valence-corrected chi connectivity index (χ3v) is 4.85. The highest BCUT2D eigenvalue weighted by Crippen LogP contribution is 2.36. The predicted octanol–water partition coefficient (Wildman–Crippen LogP) is 2.51. The summed E-state index contributed by atoms with van der Waals surface area (Å²) in [6.07, 6.45) is 0.653. The number of aromatic nitrogens is 2. The maximum atomic E-state index is 10.1. The second kappa shape index (κ2) is 7.38. The quantitative estimate of drug-likeness (QED) is 0.692. The minimum Gasteiger partial charge on any atom is -0.497 e. The van der Waals surface area contributed by atoms with Crippen molar-refractivity contribution in [2.75, 3.05) is 20.3 Å². The van der Waals surface area contributed by atoms with Gasteiger partial charge in [-0.25, -0.2) is 0 Å². The molecule has 3 aromatic rings. The van der Waals surface area contributed by atoms with Crippen LogP contribution in [0.25, 0.3) is 11.4 Å². The Morgan fingerprint density at radius 3 is 2.78 bits per heavy atom. The Bertz CT molecular complexity index is 910. The van der Waals surface area contributed by atoms with Gasteiger partial charge in [-0.2, -0.15) is 4.98 Å².